The summed E-state index contributed by atoms with van der Waals surface area (Å²) in [5.74, 6) is -0.165. The molecule has 35 heavy (non-hydrogen) atoms. The second kappa shape index (κ2) is 15.4. The lowest BCUT2D eigenvalue weighted by Crippen LogP contribution is -2.36. The molecule has 0 radical (unpaired) electrons. The number of hydrogen-bond donors (Lipinski definition) is 2. The third-order valence-electron chi connectivity index (χ3n) is 5.49. The lowest BCUT2D eigenvalue weighted by atomic mass is 9.91. The van der Waals surface area contributed by atoms with Crippen molar-refractivity contribution < 1.29 is 13.2 Å². The molecule has 0 spiro atoms. The molecule has 1 heterocycles. The van der Waals surface area contributed by atoms with Crippen LogP contribution in [0.3, 0.4) is 0 Å². The number of amides is 1. The summed E-state index contributed by atoms with van der Waals surface area (Å²) in [7, 11) is -3.71. The van der Waals surface area contributed by atoms with Gasteiger partial charge in [0.1, 0.15) is 0 Å². The van der Waals surface area contributed by atoms with Crippen molar-refractivity contribution >= 4 is 45.4 Å². The van der Waals surface area contributed by atoms with E-state index in [1.165, 1.54) is 31.8 Å². The first-order chi connectivity index (χ1) is 15.8. The molecule has 0 fully saturated rings. The van der Waals surface area contributed by atoms with E-state index in [1.807, 2.05) is 17.2 Å². The van der Waals surface area contributed by atoms with Crippen LogP contribution in [0.15, 0.2) is 53.1 Å². The van der Waals surface area contributed by atoms with Crippen LogP contribution in [0, 0.1) is 5.41 Å². The van der Waals surface area contributed by atoms with Gasteiger partial charge in [0.2, 0.25) is 15.9 Å². The van der Waals surface area contributed by atoms with E-state index in [-0.39, 0.29) is 28.6 Å². The molecule has 0 unspecified atom stereocenters. The van der Waals surface area contributed by atoms with E-state index in [2.05, 4.69) is 51.8 Å². The molecule has 0 saturated carbocycles. The van der Waals surface area contributed by atoms with Crippen molar-refractivity contribution in [2.75, 3.05) is 32.7 Å². The van der Waals surface area contributed by atoms with Gasteiger partial charge in [-0.25, -0.2) is 13.6 Å². The van der Waals surface area contributed by atoms with E-state index in [4.69, 9.17) is 17.4 Å². The minimum Gasteiger partial charge on any atom is -0.368 e. The third-order valence-corrected chi connectivity index (χ3v) is 7.16. The molecule has 3 N–H and O–H groups in total. The summed E-state index contributed by atoms with van der Waals surface area (Å²) in [6.45, 7) is 17.8. The van der Waals surface area contributed by atoms with Gasteiger partial charge in [0, 0.05) is 30.1 Å². The Balaban J connectivity index is 0.00000126. The zero-order chi connectivity index (χ0) is 25.9. The summed E-state index contributed by atoms with van der Waals surface area (Å²) >= 11 is 5.48. The number of allylic oxidation sites excluding steroid dienone is 2. The van der Waals surface area contributed by atoms with Gasteiger partial charge in [-0.05, 0) is 55.0 Å². The predicted molar refractivity (Wildman–Crippen MR) is 151 cm³/mol. The Labute approximate surface area is 223 Å². The van der Waals surface area contributed by atoms with Gasteiger partial charge in [0.05, 0.1) is 4.90 Å². The van der Waals surface area contributed by atoms with Gasteiger partial charge >= 0.3 is 0 Å². The highest BCUT2D eigenvalue weighted by Gasteiger charge is 2.21. The fourth-order valence-corrected chi connectivity index (χ4v) is 3.73. The normalized spacial score (nSPS) is 13.4. The monoisotopic (exact) mass is 544 g/mol. The number of thiocarbonyl (C=S) groups is 1. The number of benzene rings is 1. The maximum absolute atomic E-state index is 12.4. The number of halogens is 1. The van der Waals surface area contributed by atoms with E-state index in [9.17, 15) is 13.2 Å². The van der Waals surface area contributed by atoms with Crippen LogP contribution in [0.25, 0.3) is 0 Å². The first-order valence-corrected chi connectivity index (χ1v) is 13.5. The highest BCUT2D eigenvalue weighted by molar-refractivity contribution is 7.89. The number of carbonyl (C=O) groups excluding carboxylic acids is 1. The minimum absolute atomic E-state index is 0. The molecule has 1 aliphatic heterocycles. The van der Waals surface area contributed by atoms with Crippen LogP contribution in [-0.2, 0) is 21.4 Å². The van der Waals surface area contributed by atoms with E-state index >= 15 is 0 Å². The van der Waals surface area contributed by atoms with E-state index in [1.54, 1.807) is 18.2 Å². The largest absolute Gasteiger partial charge is 0.368 e. The highest BCUT2D eigenvalue weighted by atomic mass is 35.5. The van der Waals surface area contributed by atoms with Gasteiger partial charge < -0.3 is 15.1 Å². The zero-order valence-corrected chi connectivity index (χ0v) is 24.2. The van der Waals surface area contributed by atoms with Crippen LogP contribution >= 0.6 is 24.6 Å². The zero-order valence-electron chi connectivity index (χ0n) is 21.7. The molecule has 1 aromatic rings. The molecule has 1 amide bonds. The molecule has 0 aromatic heterocycles. The number of primary sulfonamides is 1. The number of sulfonamides is 1. The molecule has 0 atom stereocenters. The van der Waals surface area contributed by atoms with Crippen LogP contribution in [-0.4, -0.2) is 61.7 Å². The second-order valence-corrected chi connectivity index (χ2v) is 11.2. The molecular weight excluding hydrogens is 504 g/mol. The number of nitrogens with two attached hydrogens (primary N) is 1. The fraction of sp³-hybridized carbons (Fsp3) is 0.520. The molecule has 2 rings (SSSR count). The Morgan fingerprint density at radius 3 is 2.09 bits per heavy atom. The van der Waals surface area contributed by atoms with Crippen LogP contribution < -0.4 is 10.5 Å². The Morgan fingerprint density at radius 2 is 1.66 bits per heavy atom. The minimum atomic E-state index is -3.71. The van der Waals surface area contributed by atoms with Crippen LogP contribution in [0.1, 0.15) is 47.1 Å². The van der Waals surface area contributed by atoms with E-state index < -0.39 is 10.0 Å². The molecule has 198 valence electrons. The van der Waals surface area contributed by atoms with Crippen LogP contribution in [0.2, 0.25) is 0 Å². The second-order valence-electron chi connectivity index (χ2n) is 9.10. The Kier molecular flexibility index (Phi) is 14.6. The third kappa shape index (κ3) is 12.1. The Morgan fingerprint density at radius 1 is 1.11 bits per heavy atom. The maximum Gasteiger partial charge on any atom is 0.249 e. The SMILES string of the molecule is CC(C)(C)C(=S)CN1C=CC=C(C(=O)NCc2ccc(S(N)(=O)=O)cc2)C1.CCN(CC)CC.Cl. The van der Waals surface area contributed by atoms with Crippen molar-refractivity contribution in [2.24, 2.45) is 10.6 Å². The number of nitrogens with one attached hydrogen (secondary N) is 1. The average Bonchev–Trinajstić information content (AvgIpc) is 2.78. The van der Waals surface area contributed by atoms with Crippen molar-refractivity contribution in [3.05, 3.63) is 53.8 Å². The maximum atomic E-state index is 12.4. The molecule has 7 nitrogen and oxygen atoms in total. The summed E-state index contributed by atoms with van der Waals surface area (Å²) in [5.41, 5.74) is 1.37. The van der Waals surface area contributed by atoms with Gasteiger partial charge in [0.25, 0.3) is 0 Å². The van der Waals surface area contributed by atoms with E-state index in [0.717, 1.165) is 10.4 Å². The highest BCUT2D eigenvalue weighted by Crippen LogP contribution is 2.19. The average molecular weight is 545 g/mol. The lowest BCUT2D eigenvalue weighted by molar-refractivity contribution is -0.117. The molecule has 0 bridgehead atoms. The van der Waals surface area contributed by atoms with E-state index in [0.29, 0.717) is 25.2 Å². The summed E-state index contributed by atoms with van der Waals surface area (Å²) in [4.78, 5) is 17.8. The molecule has 10 heteroatoms. The molecular formula is C25H41ClN4O3S2. The summed E-state index contributed by atoms with van der Waals surface area (Å²) in [6.07, 6.45) is 5.56. The van der Waals surface area contributed by atoms with Gasteiger partial charge in [-0.15, -0.1) is 12.4 Å². The van der Waals surface area contributed by atoms with Gasteiger partial charge in [0.15, 0.2) is 0 Å². The lowest BCUT2D eigenvalue weighted by Gasteiger charge is -2.29. The van der Waals surface area contributed by atoms with Crippen molar-refractivity contribution in [2.45, 2.75) is 53.0 Å². The number of carbonyl (C=O) groups is 1. The van der Waals surface area contributed by atoms with Crippen molar-refractivity contribution in [3.8, 4) is 0 Å². The fourth-order valence-electron chi connectivity index (χ4n) is 3.05. The topological polar surface area (TPSA) is 95.7 Å². The van der Waals surface area contributed by atoms with Crippen molar-refractivity contribution in [1.82, 2.24) is 15.1 Å². The first-order valence-electron chi connectivity index (χ1n) is 11.6. The van der Waals surface area contributed by atoms with Crippen molar-refractivity contribution in [3.63, 3.8) is 0 Å². The molecule has 1 aromatic carbocycles. The molecule has 0 saturated heterocycles. The number of nitrogens with zero attached hydrogens (tertiary/aromatic N) is 2. The first kappa shape index (κ1) is 33.2. The van der Waals surface area contributed by atoms with Crippen LogP contribution in [0.5, 0.6) is 0 Å². The smallest absolute Gasteiger partial charge is 0.249 e. The molecule has 1 aliphatic rings. The predicted octanol–water partition coefficient (Wildman–Crippen LogP) is 3.89. The Bertz CT molecular complexity index is 975. The van der Waals surface area contributed by atoms with Gasteiger partial charge in [-0.3, -0.25) is 4.79 Å². The quantitative estimate of drug-likeness (QED) is 0.458. The summed E-state index contributed by atoms with van der Waals surface area (Å²) < 4.78 is 22.5. The molecule has 0 aliphatic carbocycles. The standard InChI is InChI=1S/C19H25N3O3S2.C6H15N.ClH/c1-19(2,3)17(26)13-22-10-4-5-15(12-22)18(23)21-11-14-6-8-16(9-7-14)27(20,24)25;1-4-7(5-2)6-3;/h4-10H,11-13H2,1-3H3,(H,21,23)(H2,20,24,25);4-6H2,1-3H3;1H. The summed E-state index contributed by atoms with van der Waals surface area (Å²) in [5, 5.41) is 7.93. The Hall–Kier alpha value is -1.78. The summed E-state index contributed by atoms with van der Waals surface area (Å²) in [6, 6.07) is 6.11. The van der Waals surface area contributed by atoms with Crippen molar-refractivity contribution in [1.29, 1.82) is 0 Å². The van der Waals surface area contributed by atoms with Gasteiger partial charge in [-0.2, -0.15) is 0 Å². The van der Waals surface area contributed by atoms with Crippen LogP contribution in [0.4, 0.5) is 0 Å². The number of rotatable bonds is 9. The number of hydrogen-bond acceptors (Lipinski definition) is 6. The van der Waals surface area contributed by atoms with Gasteiger partial charge in [-0.1, -0.05) is 72.0 Å².